The minimum Gasteiger partial charge on any atom is -0.382 e. The van der Waals surface area contributed by atoms with Crippen LogP contribution in [-0.2, 0) is 0 Å². The Kier molecular flexibility index (Phi) is 3.08. The largest absolute Gasteiger partial charge is 0.382 e. The van der Waals surface area contributed by atoms with E-state index in [0.717, 1.165) is 11.3 Å². The number of nitrogens with two attached hydrogens (primary N) is 1. The summed E-state index contributed by atoms with van der Waals surface area (Å²) < 4.78 is 0. The zero-order valence-electron chi connectivity index (χ0n) is 8.67. The molecule has 1 aromatic carbocycles. The van der Waals surface area contributed by atoms with Gasteiger partial charge in [-0.1, -0.05) is 42.3 Å². The lowest BCUT2D eigenvalue weighted by atomic mass is 9.98. The van der Waals surface area contributed by atoms with Gasteiger partial charge in [0, 0.05) is 17.7 Å². The Bertz CT molecular complexity index is 508. The molecule has 0 aliphatic heterocycles. The molecule has 0 saturated heterocycles. The van der Waals surface area contributed by atoms with Gasteiger partial charge in [0.25, 0.3) is 0 Å². The van der Waals surface area contributed by atoms with Crippen molar-refractivity contribution in [3.8, 4) is 0 Å². The van der Waals surface area contributed by atoms with Crippen LogP contribution in [0.4, 0.5) is 5.82 Å². The molecule has 0 fully saturated rings. The van der Waals surface area contributed by atoms with E-state index in [4.69, 9.17) is 28.9 Å². The number of anilines is 1. The van der Waals surface area contributed by atoms with Crippen LogP contribution in [0.15, 0.2) is 24.3 Å². The number of aromatic amines is 1. The zero-order valence-corrected chi connectivity index (χ0v) is 10.2. The van der Waals surface area contributed by atoms with Gasteiger partial charge in [0.1, 0.15) is 5.82 Å². The highest BCUT2D eigenvalue weighted by molar-refractivity contribution is 6.42. The molecular formula is C11H11Cl2N3. The molecule has 0 bridgehead atoms. The molecule has 0 saturated carbocycles. The van der Waals surface area contributed by atoms with E-state index < -0.39 is 0 Å². The number of nitrogens with zero attached hydrogens (tertiary/aromatic N) is 1. The quantitative estimate of drug-likeness (QED) is 0.864. The Balaban J connectivity index is 2.41. The summed E-state index contributed by atoms with van der Waals surface area (Å²) in [6.07, 6.45) is 0. The van der Waals surface area contributed by atoms with Gasteiger partial charge < -0.3 is 5.73 Å². The third-order valence-electron chi connectivity index (χ3n) is 2.53. The molecular weight excluding hydrogens is 245 g/mol. The van der Waals surface area contributed by atoms with E-state index in [-0.39, 0.29) is 5.92 Å². The number of rotatable bonds is 2. The predicted molar refractivity (Wildman–Crippen MR) is 67.0 cm³/mol. The predicted octanol–water partition coefficient (Wildman–Crippen LogP) is 3.45. The van der Waals surface area contributed by atoms with E-state index >= 15 is 0 Å². The lowest BCUT2D eigenvalue weighted by molar-refractivity contribution is 0.855. The van der Waals surface area contributed by atoms with E-state index in [9.17, 15) is 0 Å². The van der Waals surface area contributed by atoms with Gasteiger partial charge in [-0.05, 0) is 11.6 Å². The molecule has 0 aliphatic rings. The fraction of sp³-hybridized carbons (Fsp3) is 0.182. The summed E-state index contributed by atoms with van der Waals surface area (Å²) in [6.45, 7) is 2.02. The smallest absolute Gasteiger partial charge is 0.145 e. The minimum atomic E-state index is 0.0796. The molecule has 0 amide bonds. The van der Waals surface area contributed by atoms with Gasteiger partial charge in [-0.3, -0.25) is 5.10 Å². The van der Waals surface area contributed by atoms with E-state index in [2.05, 4.69) is 10.2 Å². The number of halogens is 2. The normalized spacial score (nSPS) is 12.7. The van der Waals surface area contributed by atoms with Crippen LogP contribution in [0.2, 0.25) is 10.0 Å². The van der Waals surface area contributed by atoms with Crippen LogP contribution in [0.5, 0.6) is 0 Å². The van der Waals surface area contributed by atoms with E-state index in [0.29, 0.717) is 15.9 Å². The summed E-state index contributed by atoms with van der Waals surface area (Å²) in [5, 5.41) is 7.89. The van der Waals surface area contributed by atoms with Crippen LogP contribution in [0, 0.1) is 0 Å². The summed E-state index contributed by atoms with van der Waals surface area (Å²) in [5.74, 6) is 0.552. The Morgan fingerprint density at radius 2 is 2.12 bits per heavy atom. The van der Waals surface area contributed by atoms with Gasteiger partial charge in [0.15, 0.2) is 0 Å². The van der Waals surface area contributed by atoms with Crippen molar-refractivity contribution in [1.82, 2.24) is 10.2 Å². The molecule has 2 aromatic rings. The number of nitrogens with one attached hydrogen (secondary N) is 1. The Morgan fingerprint density at radius 1 is 1.38 bits per heavy atom. The molecule has 1 atom stereocenters. The second-order valence-electron chi connectivity index (χ2n) is 3.61. The maximum atomic E-state index is 6.15. The third-order valence-corrected chi connectivity index (χ3v) is 3.37. The van der Waals surface area contributed by atoms with Crippen LogP contribution in [0.3, 0.4) is 0 Å². The first kappa shape index (κ1) is 11.3. The van der Waals surface area contributed by atoms with Crippen molar-refractivity contribution < 1.29 is 0 Å². The first-order chi connectivity index (χ1) is 7.59. The maximum absolute atomic E-state index is 6.15. The molecule has 0 aliphatic carbocycles. The van der Waals surface area contributed by atoms with Crippen LogP contribution < -0.4 is 5.73 Å². The summed E-state index contributed by atoms with van der Waals surface area (Å²) >= 11 is 12.1. The molecule has 84 valence electrons. The number of aromatic nitrogens is 2. The lowest BCUT2D eigenvalue weighted by Gasteiger charge is -2.12. The number of benzene rings is 1. The Morgan fingerprint density at radius 3 is 2.75 bits per heavy atom. The molecule has 3 nitrogen and oxygen atoms in total. The molecule has 3 N–H and O–H groups in total. The van der Waals surface area contributed by atoms with Gasteiger partial charge in [-0.2, -0.15) is 5.10 Å². The second-order valence-corrected chi connectivity index (χ2v) is 4.40. The van der Waals surface area contributed by atoms with Crippen molar-refractivity contribution in [2.75, 3.05) is 5.73 Å². The Labute approximate surface area is 104 Å². The highest BCUT2D eigenvalue weighted by atomic mass is 35.5. The molecule has 5 heteroatoms. The molecule has 16 heavy (non-hydrogen) atoms. The van der Waals surface area contributed by atoms with Gasteiger partial charge in [-0.15, -0.1) is 0 Å². The van der Waals surface area contributed by atoms with Gasteiger partial charge in [0.05, 0.1) is 10.0 Å². The topological polar surface area (TPSA) is 54.7 Å². The first-order valence-electron chi connectivity index (χ1n) is 4.84. The highest BCUT2D eigenvalue weighted by Crippen LogP contribution is 2.33. The van der Waals surface area contributed by atoms with E-state index in [1.807, 2.05) is 19.1 Å². The maximum Gasteiger partial charge on any atom is 0.145 e. The second kappa shape index (κ2) is 4.36. The highest BCUT2D eigenvalue weighted by Gasteiger charge is 2.15. The van der Waals surface area contributed by atoms with Crippen LogP contribution >= 0.6 is 23.2 Å². The zero-order chi connectivity index (χ0) is 11.7. The van der Waals surface area contributed by atoms with Crippen molar-refractivity contribution in [2.45, 2.75) is 12.8 Å². The lowest BCUT2D eigenvalue weighted by Crippen LogP contribution is -1.97. The van der Waals surface area contributed by atoms with Crippen molar-refractivity contribution >= 4 is 29.0 Å². The number of hydrogen-bond acceptors (Lipinski definition) is 2. The summed E-state index contributed by atoms with van der Waals surface area (Å²) in [4.78, 5) is 0. The minimum absolute atomic E-state index is 0.0796. The SMILES string of the molecule is CC(c1cc(N)n[nH]1)c1cccc(Cl)c1Cl. The van der Waals surface area contributed by atoms with Gasteiger partial charge >= 0.3 is 0 Å². The summed E-state index contributed by atoms with van der Waals surface area (Å²) in [7, 11) is 0. The average Bonchev–Trinajstić information content (AvgIpc) is 2.68. The molecule has 1 aromatic heterocycles. The first-order valence-corrected chi connectivity index (χ1v) is 5.60. The van der Waals surface area contributed by atoms with Crippen LogP contribution in [0.25, 0.3) is 0 Å². The number of nitrogen functional groups attached to an aromatic ring is 1. The summed E-state index contributed by atoms with van der Waals surface area (Å²) in [5.41, 5.74) is 7.44. The number of H-pyrrole nitrogens is 1. The van der Waals surface area contributed by atoms with E-state index in [1.54, 1.807) is 12.1 Å². The summed E-state index contributed by atoms with van der Waals surface area (Å²) in [6, 6.07) is 7.37. The standard InChI is InChI=1S/C11H11Cl2N3/c1-6(9-5-10(14)16-15-9)7-3-2-4-8(12)11(7)13/h2-6H,1H3,(H3,14,15,16). The number of hydrogen-bond donors (Lipinski definition) is 2. The van der Waals surface area contributed by atoms with E-state index in [1.165, 1.54) is 0 Å². The van der Waals surface area contributed by atoms with Crippen molar-refractivity contribution in [3.05, 3.63) is 45.6 Å². The molecule has 1 heterocycles. The fourth-order valence-electron chi connectivity index (χ4n) is 1.60. The van der Waals surface area contributed by atoms with Gasteiger partial charge in [-0.25, -0.2) is 0 Å². The molecule has 0 radical (unpaired) electrons. The van der Waals surface area contributed by atoms with Crippen molar-refractivity contribution in [3.63, 3.8) is 0 Å². The molecule has 2 rings (SSSR count). The average molecular weight is 256 g/mol. The Hall–Kier alpha value is -1.19. The third kappa shape index (κ3) is 2.01. The molecule has 0 spiro atoms. The van der Waals surface area contributed by atoms with Gasteiger partial charge in [0.2, 0.25) is 0 Å². The van der Waals surface area contributed by atoms with Crippen molar-refractivity contribution in [1.29, 1.82) is 0 Å². The van der Waals surface area contributed by atoms with Crippen LogP contribution in [-0.4, -0.2) is 10.2 Å². The monoisotopic (exact) mass is 255 g/mol. The van der Waals surface area contributed by atoms with Crippen molar-refractivity contribution in [2.24, 2.45) is 0 Å². The fourth-order valence-corrected chi connectivity index (χ4v) is 2.07. The van der Waals surface area contributed by atoms with Crippen LogP contribution in [0.1, 0.15) is 24.1 Å². The molecule has 1 unspecified atom stereocenters.